The number of ketones is 1. The van der Waals surface area contributed by atoms with Crippen LogP contribution in [0.1, 0.15) is 41.6 Å². The smallest absolute Gasteiger partial charge is 0.219 e. The monoisotopic (exact) mass is 494 g/mol. The van der Waals surface area contributed by atoms with E-state index in [0.29, 0.717) is 28.7 Å². The number of amides is 1. The summed E-state index contributed by atoms with van der Waals surface area (Å²) in [6.07, 6.45) is 1.62. The SMILES string of the molecule is CC(=O)N1CCC(C(Nc2ccc(Cl)c(Cl)c2)C(C(=O)c2ccccc2)c2ccccc2)CC1. The van der Waals surface area contributed by atoms with Crippen molar-refractivity contribution in [3.05, 3.63) is 100 Å². The van der Waals surface area contributed by atoms with E-state index in [2.05, 4.69) is 5.32 Å². The number of piperidine rings is 1. The van der Waals surface area contributed by atoms with Crippen LogP contribution in [0, 0.1) is 5.92 Å². The van der Waals surface area contributed by atoms with Gasteiger partial charge in [0.1, 0.15) is 0 Å². The van der Waals surface area contributed by atoms with E-state index in [9.17, 15) is 9.59 Å². The molecule has 1 N–H and O–H groups in total. The molecular formula is C28H28Cl2N2O2. The van der Waals surface area contributed by atoms with Crippen LogP contribution in [0.5, 0.6) is 0 Å². The Morgan fingerprint density at radius 1 is 0.882 bits per heavy atom. The summed E-state index contributed by atoms with van der Waals surface area (Å²) in [4.78, 5) is 27.8. The Morgan fingerprint density at radius 3 is 2.09 bits per heavy atom. The first-order chi connectivity index (χ1) is 16.4. The van der Waals surface area contributed by atoms with Gasteiger partial charge < -0.3 is 10.2 Å². The first-order valence-corrected chi connectivity index (χ1v) is 12.3. The first-order valence-electron chi connectivity index (χ1n) is 11.6. The predicted molar refractivity (Wildman–Crippen MR) is 139 cm³/mol. The highest BCUT2D eigenvalue weighted by Crippen LogP contribution is 2.36. The molecule has 1 fully saturated rings. The molecule has 3 aromatic carbocycles. The fourth-order valence-electron chi connectivity index (χ4n) is 4.79. The Kier molecular flexibility index (Phi) is 7.91. The molecule has 2 unspecified atom stereocenters. The standard InChI is InChI=1S/C28H28Cl2N2O2/c1-19(33)32-16-14-21(15-17-32)27(31-23-12-13-24(29)25(30)18-23)26(20-8-4-2-5-9-20)28(34)22-10-6-3-7-11-22/h2-13,18,21,26-27,31H,14-17H2,1H3. The largest absolute Gasteiger partial charge is 0.381 e. The molecule has 4 nitrogen and oxygen atoms in total. The van der Waals surface area contributed by atoms with E-state index in [4.69, 9.17) is 23.2 Å². The summed E-state index contributed by atoms with van der Waals surface area (Å²) >= 11 is 12.5. The molecule has 1 aliphatic rings. The molecule has 2 atom stereocenters. The number of nitrogens with zero attached hydrogens (tertiary/aromatic N) is 1. The minimum absolute atomic E-state index is 0.0679. The number of hydrogen-bond donors (Lipinski definition) is 1. The molecule has 0 radical (unpaired) electrons. The van der Waals surface area contributed by atoms with Crippen LogP contribution in [0.25, 0.3) is 0 Å². The number of hydrogen-bond acceptors (Lipinski definition) is 3. The summed E-state index contributed by atoms with van der Waals surface area (Å²) in [6.45, 7) is 2.97. The first kappa shape index (κ1) is 24.3. The summed E-state index contributed by atoms with van der Waals surface area (Å²) in [7, 11) is 0. The summed E-state index contributed by atoms with van der Waals surface area (Å²) in [5.41, 5.74) is 2.46. The highest BCUT2D eigenvalue weighted by atomic mass is 35.5. The Bertz CT molecular complexity index is 1130. The second-order valence-corrected chi connectivity index (χ2v) is 9.58. The molecule has 1 aliphatic heterocycles. The van der Waals surface area contributed by atoms with Crippen molar-refractivity contribution in [1.29, 1.82) is 0 Å². The lowest BCUT2D eigenvalue weighted by Crippen LogP contribution is -2.46. The maximum Gasteiger partial charge on any atom is 0.219 e. The fraction of sp³-hybridized carbons (Fsp3) is 0.286. The predicted octanol–water partition coefficient (Wildman–Crippen LogP) is 6.70. The summed E-state index contributed by atoms with van der Waals surface area (Å²) in [5.74, 6) is -0.0689. The van der Waals surface area contributed by atoms with E-state index in [0.717, 1.165) is 24.1 Å². The average molecular weight is 495 g/mol. The maximum absolute atomic E-state index is 14.0. The number of benzene rings is 3. The Labute approximate surface area is 210 Å². The van der Waals surface area contributed by atoms with Crippen molar-refractivity contribution in [1.82, 2.24) is 4.90 Å². The molecule has 6 heteroatoms. The van der Waals surface area contributed by atoms with Gasteiger partial charge in [0.25, 0.3) is 0 Å². The highest BCUT2D eigenvalue weighted by molar-refractivity contribution is 6.42. The van der Waals surface area contributed by atoms with E-state index < -0.39 is 5.92 Å². The fourth-order valence-corrected chi connectivity index (χ4v) is 5.09. The normalized spacial score (nSPS) is 16.0. The van der Waals surface area contributed by atoms with E-state index in [-0.39, 0.29) is 23.7 Å². The molecule has 0 saturated carbocycles. The number of nitrogens with one attached hydrogen (secondary N) is 1. The lowest BCUT2D eigenvalue weighted by molar-refractivity contribution is -0.130. The number of rotatable bonds is 7. The molecule has 3 aromatic rings. The summed E-state index contributed by atoms with van der Waals surface area (Å²) in [5, 5.41) is 4.59. The van der Waals surface area contributed by atoms with Gasteiger partial charge in [-0.15, -0.1) is 0 Å². The molecule has 176 valence electrons. The zero-order valence-corrected chi connectivity index (χ0v) is 20.6. The Hall–Kier alpha value is -2.82. The van der Waals surface area contributed by atoms with Crippen molar-refractivity contribution in [2.24, 2.45) is 5.92 Å². The zero-order valence-electron chi connectivity index (χ0n) is 19.1. The third kappa shape index (κ3) is 5.63. The van der Waals surface area contributed by atoms with Gasteiger partial charge in [-0.3, -0.25) is 9.59 Å². The third-order valence-electron chi connectivity index (χ3n) is 6.60. The molecule has 1 amide bonds. The van der Waals surface area contributed by atoms with Gasteiger partial charge in [-0.25, -0.2) is 0 Å². The second-order valence-electron chi connectivity index (χ2n) is 8.76. The number of Topliss-reactive ketones (excluding diaryl/α,β-unsaturated/α-hetero) is 1. The molecule has 0 bridgehead atoms. The van der Waals surface area contributed by atoms with Crippen LogP contribution in [0.3, 0.4) is 0 Å². The molecule has 1 heterocycles. The lowest BCUT2D eigenvalue weighted by atomic mass is 9.75. The van der Waals surface area contributed by atoms with Crippen LogP contribution in [0.2, 0.25) is 10.0 Å². The van der Waals surface area contributed by atoms with Gasteiger partial charge in [0, 0.05) is 37.3 Å². The van der Waals surface area contributed by atoms with Crippen molar-refractivity contribution in [3.63, 3.8) is 0 Å². The minimum Gasteiger partial charge on any atom is -0.381 e. The van der Waals surface area contributed by atoms with Crippen LogP contribution in [-0.4, -0.2) is 35.7 Å². The van der Waals surface area contributed by atoms with E-state index in [1.165, 1.54) is 0 Å². The second kappa shape index (κ2) is 11.1. The number of carbonyl (C=O) groups excluding carboxylic acids is 2. The zero-order chi connectivity index (χ0) is 24.1. The molecule has 0 aromatic heterocycles. The molecule has 0 aliphatic carbocycles. The molecular weight excluding hydrogens is 467 g/mol. The summed E-state index contributed by atoms with van der Waals surface area (Å²) in [6, 6.07) is 24.6. The lowest BCUT2D eigenvalue weighted by Gasteiger charge is -2.40. The van der Waals surface area contributed by atoms with Gasteiger partial charge in [0.15, 0.2) is 5.78 Å². The topological polar surface area (TPSA) is 49.4 Å². The maximum atomic E-state index is 14.0. The Morgan fingerprint density at radius 2 is 1.50 bits per heavy atom. The Balaban J connectivity index is 1.74. The van der Waals surface area contributed by atoms with Crippen LogP contribution in [0.15, 0.2) is 78.9 Å². The van der Waals surface area contributed by atoms with Gasteiger partial charge in [-0.1, -0.05) is 83.9 Å². The van der Waals surface area contributed by atoms with Crippen molar-refractivity contribution in [2.75, 3.05) is 18.4 Å². The van der Waals surface area contributed by atoms with Crippen molar-refractivity contribution in [2.45, 2.75) is 31.7 Å². The number of halogens is 2. The van der Waals surface area contributed by atoms with E-state index in [1.54, 1.807) is 19.1 Å². The molecule has 1 saturated heterocycles. The van der Waals surface area contributed by atoms with Crippen LogP contribution in [-0.2, 0) is 4.79 Å². The molecule has 4 rings (SSSR count). The average Bonchev–Trinajstić information content (AvgIpc) is 2.87. The van der Waals surface area contributed by atoms with Gasteiger partial charge >= 0.3 is 0 Å². The van der Waals surface area contributed by atoms with Gasteiger partial charge in [0.2, 0.25) is 5.91 Å². The van der Waals surface area contributed by atoms with Crippen LogP contribution >= 0.6 is 23.2 Å². The number of likely N-dealkylation sites (tertiary alicyclic amines) is 1. The van der Waals surface area contributed by atoms with Gasteiger partial charge in [-0.2, -0.15) is 0 Å². The number of anilines is 1. The minimum atomic E-state index is -0.410. The quantitative estimate of drug-likeness (QED) is 0.371. The summed E-state index contributed by atoms with van der Waals surface area (Å²) < 4.78 is 0. The number of carbonyl (C=O) groups is 2. The van der Waals surface area contributed by atoms with Crippen molar-refractivity contribution in [3.8, 4) is 0 Å². The molecule has 0 spiro atoms. The van der Waals surface area contributed by atoms with Crippen molar-refractivity contribution >= 4 is 40.6 Å². The van der Waals surface area contributed by atoms with Crippen LogP contribution < -0.4 is 5.32 Å². The van der Waals surface area contributed by atoms with Gasteiger partial charge in [0.05, 0.1) is 16.0 Å². The van der Waals surface area contributed by atoms with E-state index in [1.807, 2.05) is 71.6 Å². The highest BCUT2D eigenvalue weighted by Gasteiger charge is 2.37. The van der Waals surface area contributed by atoms with Crippen LogP contribution in [0.4, 0.5) is 5.69 Å². The van der Waals surface area contributed by atoms with Gasteiger partial charge in [-0.05, 0) is 42.5 Å². The van der Waals surface area contributed by atoms with E-state index >= 15 is 0 Å². The van der Waals surface area contributed by atoms with Crippen molar-refractivity contribution < 1.29 is 9.59 Å². The third-order valence-corrected chi connectivity index (χ3v) is 7.34. The molecule has 34 heavy (non-hydrogen) atoms.